The highest BCUT2D eigenvalue weighted by atomic mass is 16.3. The van der Waals surface area contributed by atoms with Crippen molar-refractivity contribution in [2.75, 3.05) is 13.1 Å². The number of rotatable bonds is 2. The van der Waals surface area contributed by atoms with Gasteiger partial charge in [-0.2, -0.15) is 0 Å². The van der Waals surface area contributed by atoms with E-state index in [2.05, 4.69) is 4.98 Å². The van der Waals surface area contributed by atoms with Crippen molar-refractivity contribution in [1.29, 1.82) is 0 Å². The standard InChI is InChI=1S/C20H21N3O3/c1-13-6-7-18(24)15(12-13)19(25)22-10-8-14(9-11-22)23-17-5-3-2-4-16(17)21-20(23)26/h2-7,12,14,24H,8-11H2,1H3,(H,21,26). The predicted molar refractivity (Wildman–Crippen MR) is 99.6 cm³/mol. The van der Waals surface area contributed by atoms with Crippen molar-refractivity contribution in [3.63, 3.8) is 0 Å². The lowest BCUT2D eigenvalue weighted by molar-refractivity contribution is 0.0692. The van der Waals surface area contributed by atoms with E-state index in [1.54, 1.807) is 27.7 Å². The van der Waals surface area contributed by atoms with Crippen LogP contribution in [0.2, 0.25) is 0 Å². The maximum absolute atomic E-state index is 12.7. The van der Waals surface area contributed by atoms with Crippen LogP contribution in [0.25, 0.3) is 11.0 Å². The number of fused-ring (bicyclic) bond motifs is 1. The summed E-state index contributed by atoms with van der Waals surface area (Å²) in [5.41, 5.74) is 2.91. The lowest BCUT2D eigenvalue weighted by Gasteiger charge is -2.32. The molecule has 0 aliphatic carbocycles. The highest BCUT2D eigenvalue weighted by molar-refractivity contribution is 5.97. The third kappa shape index (κ3) is 2.77. The third-order valence-electron chi connectivity index (χ3n) is 5.12. The van der Waals surface area contributed by atoms with E-state index in [1.807, 2.05) is 31.2 Å². The Hall–Kier alpha value is -3.02. The van der Waals surface area contributed by atoms with E-state index < -0.39 is 0 Å². The first-order valence-corrected chi connectivity index (χ1v) is 8.83. The molecule has 3 aromatic rings. The summed E-state index contributed by atoms with van der Waals surface area (Å²) in [4.78, 5) is 29.7. The molecule has 26 heavy (non-hydrogen) atoms. The number of hydrogen-bond donors (Lipinski definition) is 2. The predicted octanol–water partition coefficient (Wildman–Crippen LogP) is 2.82. The summed E-state index contributed by atoms with van der Waals surface area (Å²) in [5.74, 6) is -0.147. The number of benzene rings is 2. The zero-order chi connectivity index (χ0) is 18.3. The largest absolute Gasteiger partial charge is 0.507 e. The van der Waals surface area contributed by atoms with Gasteiger partial charge in [0, 0.05) is 19.1 Å². The molecule has 1 aliphatic rings. The summed E-state index contributed by atoms with van der Waals surface area (Å²) in [7, 11) is 0. The van der Waals surface area contributed by atoms with Gasteiger partial charge in [0.05, 0.1) is 16.6 Å². The molecule has 6 heteroatoms. The van der Waals surface area contributed by atoms with Gasteiger partial charge >= 0.3 is 5.69 Å². The Morgan fingerprint density at radius 1 is 1.15 bits per heavy atom. The van der Waals surface area contributed by atoms with E-state index >= 15 is 0 Å². The van der Waals surface area contributed by atoms with Crippen LogP contribution in [-0.2, 0) is 0 Å². The average Bonchev–Trinajstić information content (AvgIpc) is 2.99. The molecule has 0 atom stereocenters. The smallest absolute Gasteiger partial charge is 0.326 e. The van der Waals surface area contributed by atoms with Crippen LogP contribution in [0.3, 0.4) is 0 Å². The number of aromatic nitrogens is 2. The molecule has 0 saturated carbocycles. The van der Waals surface area contributed by atoms with Gasteiger partial charge in [0.25, 0.3) is 5.91 Å². The van der Waals surface area contributed by atoms with Crippen molar-refractivity contribution in [3.8, 4) is 5.75 Å². The molecule has 2 N–H and O–H groups in total. The fourth-order valence-electron chi connectivity index (χ4n) is 3.76. The second-order valence-electron chi connectivity index (χ2n) is 6.86. The number of aromatic amines is 1. The van der Waals surface area contributed by atoms with Crippen molar-refractivity contribution in [3.05, 3.63) is 64.1 Å². The molecule has 4 rings (SSSR count). The van der Waals surface area contributed by atoms with Crippen LogP contribution >= 0.6 is 0 Å². The molecule has 0 radical (unpaired) electrons. The molecule has 0 unspecified atom stereocenters. The maximum atomic E-state index is 12.7. The number of aromatic hydroxyl groups is 1. The minimum atomic E-state index is -0.157. The van der Waals surface area contributed by atoms with Gasteiger partial charge in [-0.1, -0.05) is 23.8 Å². The monoisotopic (exact) mass is 351 g/mol. The Balaban J connectivity index is 1.54. The minimum Gasteiger partial charge on any atom is -0.507 e. The van der Waals surface area contributed by atoms with Gasteiger partial charge in [-0.05, 0) is 44.0 Å². The lowest BCUT2D eigenvalue weighted by Crippen LogP contribution is -2.40. The van der Waals surface area contributed by atoms with Crippen LogP contribution in [-0.4, -0.2) is 38.6 Å². The van der Waals surface area contributed by atoms with E-state index in [4.69, 9.17) is 0 Å². The molecule has 134 valence electrons. The molecular formula is C20H21N3O3. The number of phenolic OH excluding ortho intramolecular Hbond substituents is 1. The summed E-state index contributed by atoms with van der Waals surface area (Å²) in [5, 5.41) is 10.00. The molecule has 0 bridgehead atoms. The molecule has 0 spiro atoms. The normalized spacial score (nSPS) is 15.5. The number of nitrogens with zero attached hydrogens (tertiary/aromatic N) is 2. The van der Waals surface area contributed by atoms with Crippen LogP contribution in [0.4, 0.5) is 0 Å². The van der Waals surface area contributed by atoms with Gasteiger partial charge in [0.1, 0.15) is 5.75 Å². The molecule has 2 heterocycles. The second-order valence-corrected chi connectivity index (χ2v) is 6.86. The summed E-state index contributed by atoms with van der Waals surface area (Å²) >= 11 is 0. The molecule has 1 saturated heterocycles. The Bertz CT molecular complexity index is 1030. The van der Waals surface area contributed by atoms with Crippen molar-refractivity contribution < 1.29 is 9.90 Å². The SMILES string of the molecule is Cc1ccc(O)c(C(=O)N2CCC(n3c(=O)[nH]c4ccccc43)CC2)c1. The number of carbonyl (C=O) groups excluding carboxylic acids is 1. The summed E-state index contributed by atoms with van der Waals surface area (Å²) in [6.07, 6.45) is 1.42. The van der Waals surface area contributed by atoms with Crippen LogP contribution in [0, 0.1) is 6.92 Å². The van der Waals surface area contributed by atoms with E-state index in [9.17, 15) is 14.7 Å². The molecule has 1 aromatic heterocycles. The molecule has 1 amide bonds. The minimum absolute atomic E-state index is 0.00979. The highest BCUT2D eigenvalue weighted by Crippen LogP contribution is 2.27. The van der Waals surface area contributed by atoms with Crippen LogP contribution in [0.5, 0.6) is 5.75 Å². The lowest BCUT2D eigenvalue weighted by atomic mass is 10.0. The zero-order valence-electron chi connectivity index (χ0n) is 14.6. The number of piperidine rings is 1. The van der Waals surface area contributed by atoms with Crippen LogP contribution in [0.1, 0.15) is 34.8 Å². The summed E-state index contributed by atoms with van der Waals surface area (Å²) < 4.78 is 1.81. The molecule has 1 aliphatic heterocycles. The average molecular weight is 351 g/mol. The first kappa shape index (κ1) is 16.4. The Labute approximate surface area is 150 Å². The van der Waals surface area contributed by atoms with Gasteiger partial charge in [-0.3, -0.25) is 9.36 Å². The summed E-state index contributed by atoms with van der Waals surface area (Å²) in [6, 6.07) is 12.8. The highest BCUT2D eigenvalue weighted by Gasteiger charge is 2.27. The van der Waals surface area contributed by atoms with Gasteiger partial charge in [-0.25, -0.2) is 4.79 Å². The number of carbonyl (C=O) groups is 1. The van der Waals surface area contributed by atoms with Gasteiger partial charge < -0.3 is 15.0 Å². The van der Waals surface area contributed by atoms with Crippen molar-refractivity contribution >= 4 is 16.9 Å². The molecule has 2 aromatic carbocycles. The molecule has 6 nitrogen and oxygen atoms in total. The number of amides is 1. The topological polar surface area (TPSA) is 78.3 Å². The quantitative estimate of drug-likeness (QED) is 0.745. The maximum Gasteiger partial charge on any atom is 0.326 e. The van der Waals surface area contributed by atoms with Crippen LogP contribution < -0.4 is 5.69 Å². The van der Waals surface area contributed by atoms with Gasteiger partial charge in [0.2, 0.25) is 0 Å². The first-order chi connectivity index (χ1) is 12.5. The zero-order valence-corrected chi connectivity index (χ0v) is 14.6. The number of likely N-dealkylation sites (tertiary alicyclic amines) is 1. The second kappa shape index (κ2) is 6.37. The van der Waals surface area contributed by atoms with E-state index in [-0.39, 0.29) is 23.4 Å². The van der Waals surface area contributed by atoms with E-state index in [1.165, 1.54) is 0 Å². The number of para-hydroxylation sites is 2. The van der Waals surface area contributed by atoms with E-state index in [0.717, 1.165) is 16.6 Å². The number of H-pyrrole nitrogens is 1. The summed E-state index contributed by atoms with van der Waals surface area (Å²) in [6.45, 7) is 3.01. The van der Waals surface area contributed by atoms with Crippen molar-refractivity contribution in [2.24, 2.45) is 0 Å². The number of hydrogen-bond acceptors (Lipinski definition) is 3. The Morgan fingerprint density at radius 2 is 1.88 bits per heavy atom. The molecule has 1 fully saturated rings. The van der Waals surface area contributed by atoms with Gasteiger partial charge in [-0.15, -0.1) is 0 Å². The number of nitrogens with one attached hydrogen (secondary N) is 1. The first-order valence-electron chi connectivity index (χ1n) is 8.83. The fourth-order valence-corrected chi connectivity index (χ4v) is 3.76. The fraction of sp³-hybridized carbons (Fsp3) is 0.300. The van der Waals surface area contributed by atoms with E-state index in [0.29, 0.717) is 31.5 Å². The van der Waals surface area contributed by atoms with Crippen molar-refractivity contribution in [1.82, 2.24) is 14.5 Å². The van der Waals surface area contributed by atoms with Crippen LogP contribution in [0.15, 0.2) is 47.3 Å². The number of imidazole rings is 1. The third-order valence-corrected chi connectivity index (χ3v) is 5.12. The van der Waals surface area contributed by atoms with Crippen molar-refractivity contribution in [2.45, 2.75) is 25.8 Å². The molecular weight excluding hydrogens is 330 g/mol. The Morgan fingerprint density at radius 3 is 2.65 bits per heavy atom. The van der Waals surface area contributed by atoms with Gasteiger partial charge in [0.15, 0.2) is 0 Å². The number of phenols is 1. The number of aryl methyl sites for hydroxylation is 1. The Kier molecular flexibility index (Phi) is 4.03.